The minimum Gasteiger partial charge on any atom is -0.361 e. The molecule has 0 aliphatic carbocycles. The third-order valence-electron chi connectivity index (χ3n) is 4.25. The van der Waals surface area contributed by atoms with Crippen LogP contribution in [0, 0.1) is 0 Å². The molecular weight excluding hydrogens is 300 g/mol. The van der Waals surface area contributed by atoms with E-state index in [1.54, 1.807) is 6.20 Å². The summed E-state index contributed by atoms with van der Waals surface area (Å²) in [5.74, 6) is 0.0395. The second-order valence-electron chi connectivity index (χ2n) is 5.93. The lowest BCUT2D eigenvalue weighted by atomic mass is 10.1. The average molecular weight is 318 g/mol. The van der Waals surface area contributed by atoms with Gasteiger partial charge in [0, 0.05) is 34.6 Å². The van der Waals surface area contributed by atoms with Crippen LogP contribution in [0.4, 0.5) is 5.69 Å². The zero-order chi connectivity index (χ0) is 16.4. The van der Waals surface area contributed by atoms with Crippen LogP contribution in [-0.4, -0.2) is 21.1 Å². The van der Waals surface area contributed by atoms with Crippen LogP contribution >= 0.6 is 0 Å². The molecule has 0 unspecified atom stereocenters. The Hall–Kier alpha value is -3.08. The normalized spacial score (nSPS) is 11.2. The number of carbonyl (C=O) groups is 1. The fraction of sp³-hybridized carbons (Fsp3) is 0.158. The first-order valence-corrected chi connectivity index (χ1v) is 8.07. The quantitative estimate of drug-likeness (QED) is 0.520. The Morgan fingerprint density at radius 2 is 2.04 bits per heavy atom. The van der Waals surface area contributed by atoms with Gasteiger partial charge in [-0.15, -0.1) is 0 Å². The lowest BCUT2D eigenvalue weighted by Gasteiger charge is -2.05. The number of nitrogens with one attached hydrogen (secondary N) is 3. The molecule has 5 nitrogen and oxygen atoms in total. The molecule has 3 N–H and O–H groups in total. The van der Waals surface area contributed by atoms with Crippen LogP contribution in [0.3, 0.4) is 0 Å². The Labute approximate surface area is 139 Å². The number of benzene rings is 2. The number of aryl methyl sites for hydroxylation is 1. The van der Waals surface area contributed by atoms with E-state index < -0.39 is 0 Å². The number of nitrogens with zero attached hydrogens (tertiary/aromatic N) is 1. The zero-order valence-corrected chi connectivity index (χ0v) is 13.2. The van der Waals surface area contributed by atoms with Gasteiger partial charge in [-0.3, -0.25) is 9.89 Å². The van der Waals surface area contributed by atoms with Gasteiger partial charge in [0.2, 0.25) is 5.91 Å². The molecule has 0 aliphatic heterocycles. The molecule has 120 valence electrons. The minimum atomic E-state index is 0.0395. The minimum absolute atomic E-state index is 0.0395. The SMILES string of the molecule is O=C(CCCc1c[nH]c2ccccc12)Nc1ccc2[nH]ncc2c1. The van der Waals surface area contributed by atoms with Crippen molar-refractivity contribution in [3.05, 3.63) is 60.4 Å². The van der Waals surface area contributed by atoms with E-state index in [0.717, 1.165) is 34.9 Å². The standard InChI is InChI=1S/C19H18N4O/c24-19(22-15-8-9-17-14(10-15)12-21-23-17)7-3-4-13-11-20-18-6-2-1-5-16(13)18/h1-2,5-6,8-12,20H,3-4,7H2,(H,21,23)(H,22,24). The monoisotopic (exact) mass is 318 g/mol. The van der Waals surface area contributed by atoms with Gasteiger partial charge in [-0.2, -0.15) is 5.10 Å². The number of hydrogen-bond donors (Lipinski definition) is 3. The first-order chi connectivity index (χ1) is 11.8. The van der Waals surface area contributed by atoms with E-state index in [-0.39, 0.29) is 5.91 Å². The van der Waals surface area contributed by atoms with E-state index in [0.29, 0.717) is 6.42 Å². The molecule has 4 aromatic rings. The van der Waals surface area contributed by atoms with Gasteiger partial charge >= 0.3 is 0 Å². The molecule has 2 heterocycles. The van der Waals surface area contributed by atoms with E-state index in [2.05, 4.69) is 32.6 Å². The number of carbonyl (C=O) groups excluding carboxylic acids is 1. The zero-order valence-electron chi connectivity index (χ0n) is 13.2. The summed E-state index contributed by atoms with van der Waals surface area (Å²) >= 11 is 0. The maximum Gasteiger partial charge on any atom is 0.224 e. The lowest BCUT2D eigenvalue weighted by Crippen LogP contribution is -2.11. The van der Waals surface area contributed by atoms with E-state index in [9.17, 15) is 4.79 Å². The van der Waals surface area contributed by atoms with Crippen molar-refractivity contribution in [1.29, 1.82) is 0 Å². The van der Waals surface area contributed by atoms with E-state index >= 15 is 0 Å². The molecule has 2 aromatic carbocycles. The predicted molar refractivity (Wildman–Crippen MR) is 96.0 cm³/mol. The van der Waals surface area contributed by atoms with E-state index in [1.165, 1.54) is 10.9 Å². The smallest absolute Gasteiger partial charge is 0.224 e. The average Bonchev–Trinajstić information content (AvgIpc) is 3.21. The van der Waals surface area contributed by atoms with Gasteiger partial charge < -0.3 is 10.3 Å². The van der Waals surface area contributed by atoms with Gasteiger partial charge in [0.25, 0.3) is 0 Å². The highest BCUT2D eigenvalue weighted by atomic mass is 16.1. The summed E-state index contributed by atoms with van der Waals surface area (Å²) in [5.41, 5.74) is 4.18. The largest absolute Gasteiger partial charge is 0.361 e. The molecule has 0 bridgehead atoms. The molecule has 0 spiro atoms. The third kappa shape index (κ3) is 2.88. The van der Waals surface area contributed by atoms with Crippen molar-refractivity contribution in [2.45, 2.75) is 19.3 Å². The fourth-order valence-electron chi connectivity index (χ4n) is 3.02. The molecule has 0 saturated heterocycles. The Kier molecular flexibility index (Phi) is 3.75. The number of aromatic nitrogens is 3. The number of para-hydroxylation sites is 1. The highest BCUT2D eigenvalue weighted by molar-refractivity contribution is 5.93. The van der Waals surface area contributed by atoms with Crippen LogP contribution in [0.2, 0.25) is 0 Å². The second-order valence-corrected chi connectivity index (χ2v) is 5.93. The molecule has 0 aliphatic rings. The first kappa shape index (κ1) is 14.5. The van der Waals surface area contributed by atoms with Crippen LogP contribution in [-0.2, 0) is 11.2 Å². The van der Waals surface area contributed by atoms with Gasteiger partial charge in [-0.1, -0.05) is 18.2 Å². The number of fused-ring (bicyclic) bond motifs is 2. The van der Waals surface area contributed by atoms with Crippen LogP contribution in [0.15, 0.2) is 54.9 Å². The summed E-state index contributed by atoms with van der Waals surface area (Å²) in [6.45, 7) is 0. The van der Waals surface area contributed by atoms with Gasteiger partial charge in [0.1, 0.15) is 0 Å². The Morgan fingerprint density at radius 1 is 1.12 bits per heavy atom. The van der Waals surface area contributed by atoms with E-state index in [1.807, 2.05) is 36.5 Å². The lowest BCUT2D eigenvalue weighted by molar-refractivity contribution is -0.116. The first-order valence-electron chi connectivity index (χ1n) is 8.07. The number of anilines is 1. The number of amides is 1. The Balaban J connectivity index is 1.34. The molecular formula is C19H18N4O. The van der Waals surface area contributed by atoms with Crippen molar-refractivity contribution in [3.8, 4) is 0 Å². The number of hydrogen-bond acceptors (Lipinski definition) is 2. The van der Waals surface area contributed by atoms with Crippen LogP contribution < -0.4 is 5.32 Å². The molecule has 5 heteroatoms. The molecule has 1 amide bonds. The summed E-state index contributed by atoms with van der Waals surface area (Å²) in [4.78, 5) is 15.4. The maximum atomic E-state index is 12.1. The van der Waals surface area contributed by atoms with Gasteiger partial charge in [0.15, 0.2) is 0 Å². The van der Waals surface area contributed by atoms with Gasteiger partial charge in [-0.05, 0) is 42.7 Å². The summed E-state index contributed by atoms with van der Waals surface area (Å²) in [5, 5.41) is 12.1. The van der Waals surface area contributed by atoms with Crippen LogP contribution in [0.25, 0.3) is 21.8 Å². The highest BCUT2D eigenvalue weighted by Crippen LogP contribution is 2.20. The van der Waals surface area contributed by atoms with Crippen molar-refractivity contribution < 1.29 is 4.79 Å². The van der Waals surface area contributed by atoms with Crippen molar-refractivity contribution in [2.24, 2.45) is 0 Å². The van der Waals surface area contributed by atoms with E-state index in [4.69, 9.17) is 0 Å². The number of aromatic amines is 2. The Morgan fingerprint density at radius 3 is 3.00 bits per heavy atom. The number of rotatable bonds is 5. The molecule has 0 fully saturated rings. The van der Waals surface area contributed by atoms with Gasteiger partial charge in [0.05, 0.1) is 11.7 Å². The molecule has 0 saturated carbocycles. The fourth-order valence-corrected chi connectivity index (χ4v) is 3.02. The molecule has 24 heavy (non-hydrogen) atoms. The van der Waals surface area contributed by atoms with Crippen molar-refractivity contribution in [1.82, 2.24) is 15.2 Å². The molecule has 2 aromatic heterocycles. The predicted octanol–water partition coefficient (Wildman–Crippen LogP) is 4.01. The third-order valence-corrected chi connectivity index (χ3v) is 4.25. The summed E-state index contributed by atoms with van der Waals surface area (Å²) in [6, 6.07) is 14.0. The van der Waals surface area contributed by atoms with Crippen LogP contribution in [0.1, 0.15) is 18.4 Å². The van der Waals surface area contributed by atoms with Crippen molar-refractivity contribution in [3.63, 3.8) is 0 Å². The second kappa shape index (κ2) is 6.20. The summed E-state index contributed by atoms with van der Waals surface area (Å²) < 4.78 is 0. The van der Waals surface area contributed by atoms with Crippen molar-refractivity contribution >= 4 is 33.4 Å². The molecule has 0 atom stereocenters. The molecule has 4 rings (SSSR count). The van der Waals surface area contributed by atoms with Gasteiger partial charge in [-0.25, -0.2) is 0 Å². The topological polar surface area (TPSA) is 73.6 Å². The van der Waals surface area contributed by atoms with Crippen LogP contribution in [0.5, 0.6) is 0 Å². The molecule has 0 radical (unpaired) electrons. The Bertz CT molecular complexity index is 999. The highest BCUT2D eigenvalue weighted by Gasteiger charge is 2.06. The maximum absolute atomic E-state index is 12.1. The summed E-state index contributed by atoms with van der Waals surface area (Å²) in [6.07, 6.45) is 6.00. The number of H-pyrrole nitrogens is 2. The summed E-state index contributed by atoms with van der Waals surface area (Å²) in [7, 11) is 0. The van der Waals surface area contributed by atoms with Crippen molar-refractivity contribution in [2.75, 3.05) is 5.32 Å².